The molecule has 36 heavy (non-hydrogen) atoms. The molecule has 1 aromatic rings. The first-order chi connectivity index (χ1) is 17.2. The van der Waals surface area contributed by atoms with Gasteiger partial charge >= 0.3 is 12.1 Å². The van der Waals surface area contributed by atoms with E-state index >= 15 is 0 Å². The molecule has 8 heteroatoms. The van der Waals surface area contributed by atoms with E-state index in [0.29, 0.717) is 24.9 Å². The summed E-state index contributed by atoms with van der Waals surface area (Å²) in [6.45, 7) is 5.79. The summed E-state index contributed by atoms with van der Waals surface area (Å²) in [6, 6.07) is 2.29. The zero-order valence-corrected chi connectivity index (χ0v) is 21.9. The number of fused-ring (bicyclic) bond motifs is 1. The zero-order chi connectivity index (χ0) is 26.0. The van der Waals surface area contributed by atoms with E-state index in [-0.39, 0.29) is 29.6 Å². The number of alkyl carbamates (subject to hydrolysis) is 1. The number of nitrogens with one attached hydrogen (secondary N) is 1. The number of benzene rings is 1. The van der Waals surface area contributed by atoms with Crippen LogP contribution in [0, 0.1) is 18.3 Å². The van der Waals surface area contributed by atoms with Crippen molar-refractivity contribution in [3.05, 3.63) is 34.4 Å². The van der Waals surface area contributed by atoms with Crippen LogP contribution in [0.1, 0.15) is 79.4 Å². The number of carbonyl (C=O) groups excluding carboxylic acids is 4. The lowest BCUT2D eigenvalue weighted by Crippen LogP contribution is -2.54. The van der Waals surface area contributed by atoms with Gasteiger partial charge in [-0.2, -0.15) is 0 Å². The third-order valence-corrected chi connectivity index (χ3v) is 8.28. The Labute approximate surface area is 213 Å². The molecule has 1 N–H and O–H groups in total. The first-order valence-corrected chi connectivity index (χ1v) is 13.1. The molecule has 1 heterocycles. The van der Waals surface area contributed by atoms with Crippen LogP contribution < -0.4 is 5.32 Å². The van der Waals surface area contributed by atoms with Crippen molar-refractivity contribution in [2.24, 2.45) is 11.3 Å². The summed E-state index contributed by atoms with van der Waals surface area (Å²) in [7, 11) is 1.24. The van der Waals surface area contributed by atoms with Crippen molar-refractivity contribution in [3.8, 4) is 0 Å². The van der Waals surface area contributed by atoms with Gasteiger partial charge in [0, 0.05) is 12.1 Å². The average Bonchev–Trinajstić information content (AvgIpc) is 3.60. The number of ketones is 1. The molecule has 2 fully saturated rings. The van der Waals surface area contributed by atoms with Gasteiger partial charge in [0.05, 0.1) is 7.11 Å². The Morgan fingerprint density at radius 1 is 1.08 bits per heavy atom. The van der Waals surface area contributed by atoms with Gasteiger partial charge in [0.2, 0.25) is 11.7 Å². The molecule has 0 unspecified atom stereocenters. The number of aryl methyl sites for hydroxylation is 1. The van der Waals surface area contributed by atoms with E-state index in [1.807, 2.05) is 26.0 Å². The second kappa shape index (κ2) is 10.6. The summed E-state index contributed by atoms with van der Waals surface area (Å²) in [5.41, 5.74) is 4.59. The molecule has 1 saturated carbocycles. The SMILES string of the molecule is COC(=O)N[C@H](C(=O)N1CCC[C@H]1C(=O)OCC(=O)c1ccc(C)c2c1CC1(CCCC1)C2)C(C)C. The summed E-state index contributed by atoms with van der Waals surface area (Å²) in [6.07, 6.45) is 7.28. The number of Topliss-reactive ketones (excluding diaryl/α,β-unsaturated/α-hetero) is 1. The standard InChI is InChI=1S/C28H38N2O6/c1-17(2)24(29-27(34)35-4)25(32)30-13-7-8-22(30)26(33)36-16-23(31)19-10-9-18(3)20-14-28(15-21(19)20)11-5-6-12-28/h9-10,17,22,24H,5-8,11-16H2,1-4H3,(H,29,34)/t22-,24-/m0/s1. The maximum Gasteiger partial charge on any atom is 0.407 e. The fourth-order valence-electron chi connectivity index (χ4n) is 6.27. The minimum atomic E-state index is -0.814. The highest BCUT2D eigenvalue weighted by atomic mass is 16.5. The largest absolute Gasteiger partial charge is 0.456 e. The third-order valence-electron chi connectivity index (χ3n) is 8.28. The fourth-order valence-corrected chi connectivity index (χ4v) is 6.27. The Morgan fingerprint density at radius 3 is 2.44 bits per heavy atom. The smallest absolute Gasteiger partial charge is 0.407 e. The molecular formula is C28H38N2O6. The molecule has 1 saturated heterocycles. The van der Waals surface area contributed by atoms with Gasteiger partial charge in [0.15, 0.2) is 6.61 Å². The van der Waals surface area contributed by atoms with E-state index in [1.54, 1.807) is 0 Å². The summed E-state index contributed by atoms with van der Waals surface area (Å²) in [4.78, 5) is 52.5. The van der Waals surface area contributed by atoms with Gasteiger partial charge in [-0.3, -0.25) is 9.59 Å². The molecule has 2 aliphatic carbocycles. The van der Waals surface area contributed by atoms with Crippen LogP contribution in [0.4, 0.5) is 4.79 Å². The van der Waals surface area contributed by atoms with Crippen LogP contribution in [-0.2, 0) is 31.9 Å². The van der Waals surface area contributed by atoms with E-state index in [2.05, 4.69) is 17.0 Å². The number of esters is 1. The molecule has 3 aliphatic rings. The maximum absolute atomic E-state index is 13.2. The van der Waals surface area contributed by atoms with Gasteiger partial charge in [0.25, 0.3) is 0 Å². The van der Waals surface area contributed by atoms with Crippen molar-refractivity contribution in [3.63, 3.8) is 0 Å². The normalized spacial score (nSPS) is 20.9. The predicted octanol–water partition coefficient (Wildman–Crippen LogP) is 3.75. The summed E-state index contributed by atoms with van der Waals surface area (Å²) in [5, 5.41) is 2.56. The molecule has 0 radical (unpaired) electrons. The first kappa shape index (κ1) is 26.2. The lowest BCUT2D eigenvalue weighted by Gasteiger charge is -2.29. The van der Waals surface area contributed by atoms with Gasteiger partial charge in [-0.25, -0.2) is 9.59 Å². The number of carbonyl (C=O) groups is 4. The van der Waals surface area contributed by atoms with E-state index in [4.69, 9.17) is 4.74 Å². The molecule has 196 valence electrons. The Bertz CT molecular complexity index is 1040. The van der Waals surface area contributed by atoms with E-state index in [9.17, 15) is 19.2 Å². The minimum absolute atomic E-state index is 0.192. The van der Waals surface area contributed by atoms with Crippen LogP contribution in [0.5, 0.6) is 0 Å². The van der Waals surface area contributed by atoms with Gasteiger partial charge < -0.3 is 19.7 Å². The van der Waals surface area contributed by atoms with Crippen LogP contribution in [0.25, 0.3) is 0 Å². The molecule has 8 nitrogen and oxygen atoms in total. The van der Waals surface area contributed by atoms with Crippen molar-refractivity contribution in [1.82, 2.24) is 10.2 Å². The Hall–Kier alpha value is -2.90. The summed E-state index contributed by atoms with van der Waals surface area (Å²) < 4.78 is 10.1. The van der Waals surface area contributed by atoms with Gasteiger partial charge in [-0.1, -0.05) is 38.8 Å². The number of ether oxygens (including phenoxy) is 2. The van der Waals surface area contributed by atoms with Crippen molar-refractivity contribution in [2.75, 3.05) is 20.3 Å². The van der Waals surface area contributed by atoms with Crippen LogP contribution in [0.15, 0.2) is 12.1 Å². The molecule has 0 aromatic heterocycles. The first-order valence-electron chi connectivity index (χ1n) is 13.1. The number of hydrogen-bond acceptors (Lipinski definition) is 6. The molecule has 2 atom stereocenters. The number of hydrogen-bond donors (Lipinski definition) is 1. The van der Waals surface area contributed by atoms with Crippen LogP contribution >= 0.6 is 0 Å². The topological polar surface area (TPSA) is 102 Å². The maximum atomic E-state index is 13.2. The quantitative estimate of drug-likeness (QED) is 0.454. The van der Waals surface area contributed by atoms with E-state index in [0.717, 1.165) is 18.4 Å². The average molecular weight is 499 g/mol. The number of nitrogens with zero attached hydrogens (tertiary/aromatic N) is 1. The summed E-state index contributed by atoms with van der Waals surface area (Å²) in [5.74, 6) is -1.31. The number of methoxy groups -OCH3 is 1. The monoisotopic (exact) mass is 498 g/mol. The zero-order valence-electron chi connectivity index (χ0n) is 21.9. The van der Waals surface area contributed by atoms with Crippen LogP contribution in [0.3, 0.4) is 0 Å². The summed E-state index contributed by atoms with van der Waals surface area (Å²) >= 11 is 0. The van der Waals surface area contributed by atoms with E-state index in [1.165, 1.54) is 48.8 Å². The molecule has 1 spiro atoms. The third kappa shape index (κ3) is 5.13. The Morgan fingerprint density at radius 2 is 1.78 bits per heavy atom. The molecule has 0 bridgehead atoms. The van der Waals surface area contributed by atoms with Crippen LogP contribution in [-0.4, -0.2) is 61.0 Å². The minimum Gasteiger partial charge on any atom is -0.456 e. The highest BCUT2D eigenvalue weighted by molar-refractivity contribution is 6.00. The van der Waals surface area contributed by atoms with Crippen molar-refractivity contribution in [2.45, 2.75) is 84.2 Å². The van der Waals surface area contributed by atoms with Crippen molar-refractivity contribution >= 4 is 23.8 Å². The van der Waals surface area contributed by atoms with Gasteiger partial charge in [0.1, 0.15) is 12.1 Å². The van der Waals surface area contributed by atoms with Crippen molar-refractivity contribution < 1.29 is 28.7 Å². The van der Waals surface area contributed by atoms with Gasteiger partial charge in [-0.05, 0) is 73.5 Å². The van der Waals surface area contributed by atoms with Gasteiger partial charge in [-0.15, -0.1) is 0 Å². The lowest BCUT2D eigenvalue weighted by atomic mass is 9.83. The number of amides is 2. The Balaban J connectivity index is 1.41. The van der Waals surface area contributed by atoms with E-state index < -0.39 is 24.1 Å². The molecule has 1 aliphatic heterocycles. The second-order valence-electron chi connectivity index (χ2n) is 11.0. The molecule has 1 aromatic carbocycles. The molecule has 4 rings (SSSR count). The van der Waals surface area contributed by atoms with Crippen LogP contribution in [0.2, 0.25) is 0 Å². The lowest BCUT2D eigenvalue weighted by molar-refractivity contribution is -0.153. The predicted molar refractivity (Wildman–Crippen MR) is 134 cm³/mol. The Kier molecular flexibility index (Phi) is 7.71. The number of likely N-dealkylation sites (tertiary alicyclic amines) is 1. The molecular weight excluding hydrogens is 460 g/mol. The number of rotatable bonds is 7. The highest BCUT2D eigenvalue weighted by Gasteiger charge is 2.42. The fraction of sp³-hybridized carbons (Fsp3) is 0.643. The second-order valence-corrected chi connectivity index (χ2v) is 11.0. The highest BCUT2D eigenvalue weighted by Crippen LogP contribution is 2.50. The van der Waals surface area contributed by atoms with Crippen molar-refractivity contribution in [1.29, 1.82) is 0 Å². The molecule has 2 amide bonds.